The lowest BCUT2D eigenvalue weighted by Crippen LogP contribution is -2.57. The van der Waals surface area contributed by atoms with Gasteiger partial charge in [0.25, 0.3) is 0 Å². The molecule has 2 rings (SSSR count). The molecule has 2 atom stereocenters. The molecule has 1 aromatic heterocycles. The SMILES string of the molecule is Cc1nn(C)cc1C(C)N1CCNCC1C(N)=O. The molecule has 2 heterocycles. The van der Waals surface area contributed by atoms with Gasteiger partial charge in [0.05, 0.1) is 5.69 Å². The van der Waals surface area contributed by atoms with E-state index in [1.165, 1.54) is 0 Å². The van der Waals surface area contributed by atoms with Gasteiger partial charge in [-0.3, -0.25) is 14.4 Å². The zero-order valence-corrected chi connectivity index (χ0v) is 11.2. The minimum atomic E-state index is -0.268. The second-order valence-electron chi connectivity index (χ2n) is 4.88. The zero-order valence-electron chi connectivity index (χ0n) is 11.2. The van der Waals surface area contributed by atoms with Gasteiger partial charge in [-0.2, -0.15) is 5.10 Å². The van der Waals surface area contributed by atoms with E-state index in [0.717, 1.165) is 24.3 Å². The molecule has 6 nitrogen and oxygen atoms in total. The predicted octanol–water partition coefficient (Wildman–Crippen LogP) is -0.451. The molecule has 0 aromatic carbocycles. The number of nitrogens with one attached hydrogen (secondary N) is 1. The number of aryl methyl sites for hydroxylation is 2. The van der Waals surface area contributed by atoms with E-state index in [1.807, 2.05) is 24.9 Å². The van der Waals surface area contributed by atoms with Crippen LogP contribution in [0.5, 0.6) is 0 Å². The molecule has 1 fully saturated rings. The Labute approximate surface area is 107 Å². The topological polar surface area (TPSA) is 76.2 Å². The molecule has 1 aliphatic rings. The number of rotatable bonds is 3. The molecule has 0 radical (unpaired) electrons. The standard InChI is InChI=1S/C12H21N5O/c1-8-10(7-16(3)15-8)9(2)17-5-4-14-6-11(17)12(13)18/h7,9,11,14H,4-6H2,1-3H3,(H2,13,18). The van der Waals surface area contributed by atoms with Crippen molar-refractivity contribution in [2.24, 2.45) is 12.8 Å². The smallest absolute Gasteiger partial charge is 0.236 e. The summed E-state index contributed by atoms with van der Waals surface area (Å²) in [6, 6.07) is -0.0911. The fourth-order valence-electron chi connectivity index (χ4n) is 2.65. The quantitative estimate of drug-likeness (QED) is 0.763. The van der Waals surface area contributed by atoms with Gasteiger partial charge in [-0.15, -0.1) is 0 Å². The summed E-state index contributed by atoms with van der Waals surface area (Å²) in [6.45, 7) is 6.42. The summed E-state index contributed by atoms with van der Waals surface area (Å²) >= 11 is 0. The van der Waals surface area contributed by atoms with Crippen LogP contribution in [-0.2, 0) is 11.8 Å². The maximum atomic E-state index is 11.5. The van der Waals surface area contributed by atoms with E-state index in [2.05, 4.69) is 22.2 Å². The molecule has 0 saturated carbocycles. The molecule has 3 N–H and O–H groups in total. The van der Waals surface area contributed by atoms with Gasteiger partial charge in [0.2, 0.25) is 5.91 Å². The van der Waals surface area contributed by atoms with Crippen molar-refractivity contribution in [3.05, 3.63) is 17.5 Å². The van der Waals surface area contributed by atoms with E-state index < -0.39 is 0 Å². The van der Waals surface area contributed by atoms with E-state index in [1.54, 1.807) is 0 Å². The third kappa shape index (κ3) is 2.39. The van der Waals surface area contributed by atoms with E-state index >= 15 is 0 Å². The molecule has 2 unspecified atom stereocenters. The number of amides is 1. The van der Waals surface area contributed by atoms with E-state index in [9.17, 15) is 4.79 Å². The minimum absolute atomic E-state index is 0.151. The number of hydrogen-bond donors (Lipinski definition) is 2. The Balaban J connectivity index is 2.23. The Morgan fingerprint density at radius 3 is 2.94 bits per heavy atom. The normalized spacial score (nSPS) is 22.9. The Morgan fingerprint density at radius 1 is 1.67 bits per heavy atom. The van der Waals surface area contributed by atoms with Gasteiger partial charge in [-0.05, 0) is 13.8 Å². The molecular weight excluding hydrogens is 230 g/mol. The summed E-state index contributed by atoms with van der Waals surface area (Å²) in [6.07, 6.45) is 2.01. The summed E-state index contributed by atoms with van der Waals surface area (Å²) in [7, 11) is 1.91. The first-order chi connectivity index (χ1) is 8.50. The van der Waals surface area contributed by atoms with Gasteiger partial charge in [0.1, 0.15) is 6.04 Å². The molecule has 0 bridgehead atoms. The van der Waals surface area contributed by atoms with Crippen LogP contribution in [0.2, 0.25) is 0 Å². The number of hydrogen-bond acceptors (Lipinski definition) is 4. The number of carbonyl (C=O) groups excluding carboxylic acids is 1. The van der Waals surface area contributed by atoms with Gasteiger partial charge >= 0.3 is 0 Å². The first kappa shape index (κ1) is 13.0. The number of primary amides is 1. The number of nitrogens with two attached hydrogens (primary N) is 1. The first-order valence-corrected chi connectivity index (χ1v) is 6.26. The zero-order chi connectivity index (χ0) is 13.3. The molecule has 0 aliphatic carbocycles. The molecule has 1 saturated heterocycles. The lowest BCUT2D eigenvalue weighted by Gasteiger charge is -2.38. The summed E-state index contributed by atoms with van der Waals surface area (Å²) in [4.78, 5) is 13.7. The maximum absolute atomic E-state index is 11.5. The maximum Gasteiger partial charge on any atom is 0.236 e. The van der Waals surface area contributed by atoms with E-state index in [4.69, 9.17) is 5.73 Å². The largest absolute Gasteiger partial charge is 0.368 e. The average Bonchev–Trinajstić information content (AvgIpc) is 2.67. The van der Waals surface area contributed by atoms with E-state index in [-0.39, 0.29) is 18.0 Å². The fraction of sp³-hybridized carbons (Fsp3) is 0.667. The Kier molecular flexibility index (Phi) is 3.68. The predicted molar refractivity (Wildman–Crippen MR) is 68.9 cm³/mol. The second-order valence-corrected chi connectivity index (χ2v) is 4.88. The van der Waals surface area contributed by atoms with Crippen LogP contribution in [0.25, 0.3) is 0 Å². The molecule has 1 aromatic rings. The molecule has 18 heavy (non-hydrogen) atoms. The third-order valence-corrected chi connectivity index (χ3v) is 3.61. The van der Waals surface area contributed by atoms with Crippen molar-refractivity contribution >= 4 is 5.91 Å². The van der Waals surface area contributed by atoms with Crippen molar-refractivity contribution in [2.75, 3.05) is 19.6 Å². The summed E-state index contributed by atoms with van der Waals surface area (Å²) in [5.74, 6) is -0.268. The first-order valence-electron chi connectivity index (χ1n) is 6.26. The van der Waals surface area contributed by atoms with Gasteiger partial charge in [-0.25, -0.2) is 0 Å². The lowest BCUT2D eigenvalue weighted by atomic mass is 10.0. The molecule has 100 valence electrons. The second kappa shape index (κ2) is 5.07. The fourth-order valence-corrected chi connectivity index (χ4v) is 2.65. The number of aromatic nitrogens is 2. The van der Waals surface area contributed by atoms with Crippen LogP contribution < -0.4 is 11.1 Å². The van der Waals surface area contributed by atoms with Crippen molar-refractivity contribution in [3.8, 4) is 0 Å². The Morgan fingerprint density at radius 2 is 2.39 bits per heavy atom. The monoisotopic (exact) mass is 251 g/mol. The van der Waals surface area contributed by atoms with Crippen molar-refractivity contribution < 1.29 is 4.79 Å². The number of carbonyl (C=O) groups is 1. The van der Waals surface area contributed by atoms with Crippen molar-refractivity contribution in [1.29, 1.82) is 0 Å². The highest BCUT2D eigenvalue weighted by atomic mass is 16.1. The van der Waals surface area contributed by atoms with Gasteiger partial charge < -0.3 is 11.1 Å². The van der Waals surface area contributed by atoms with Crippen LogP contribution >= 0.6 is 0 Å². The minimum Gasteiger partial charge on any atom is -0.368 e. The highest BCUT2D eigenvalue weighted by Gasteiger charge is 2.31. The highest BCUT2D eigenvalue weighted by molar-refractivity contribution is 5.80. The lowest BCUT2D eigenvalue weighted by molar-refractivity contribution is -0.124. The Bertz CT molecular complexity index is 442. The van der Waals surface area contributed by atoms with Crippen LogP contribution in [0, 0.1) is 6.92 Å². The van der Waals surface area contributed by atoms with Gasteiger partial charge in [0, 0.05) is 44.5 Å². The van der Waals surface area contributed by atoms with E-state index in [0.29, 0.717) is 6.54 Å². The van der Waals surface area contributed by atoms with Crippen molar-refractivity contribution in [1.82, 2.24) is 20.0 Å². The van der Waals surface area contributed by atoms with Crippen molar-refractivity contribution in [3.63, 3.8) is 0 Å². The van der Waals surface area contributed by atoms with Crippen LogP contribution in [0.15, 0.2) is 6.20 Å². The highest BCUT2D eigenvalue weighted by Crippen LogP contribution is 2.25. The van der Waals surface area contributed by atoms with Crippen molar-refractivity contribution in [2.45, 2.75) is 25.9 Å². The van der Waals surface area contributed by atoms with Crippen LogP contribution in [0.3, 0.4) is 0 Å². The number of nitrogens with zero attached hydrogens (tertiary/aromatic N) is 3. The number of piperazine rings is 1. The summed E-state index contributed by atoms with van der Waals surface area (Å²) in [5, 5.41) is 7.56. The van der Waals surface area contributed by atoms with Gasteiger partial charge in [-0.1, -0.05) is 0 Å². The van der Waals surface area contributed by atoms with Crippen LogP contribution in [-0.4, -0.2) is 46.3 Å². The van der Waals surface area contributed by atoms with Crippen LogP contribution in [0.1, 0.15) is 24.2 Å². The van der Waals surface area contributed by atoms with Crippen LogP contribution in [0.4, 0.5) is 0 Å². The molecule has 6 heteroatoms. The molecule has 1 aliphatic heterocycles. The third-order valence-electron chi connectivity index (χ3n) is 3.61. The summed E-state index contributed by atoms with van der Waals surface area (Å²) < 4.78 is 1.81. The Hall–Kier alpha value is -1.40. The summed E-state index contributed by atoms with van der Waals surface area (Å²) in [5.41, 5.74) is 7.64. The molecule has 1 amide bonds. The molecular formula is C12H21N5O. The average molecular weight is 251 g/mol. The molecule has 0 spiro atoms. The van der Waals surface area contributed by atoms with Gasteiger partial charge in [0.15, 0.2) is 0 Å².